The molecule has 0 bridgehead atoms. The van der Waals surface area contributed by atoms with Crippen molar-refractivity contribution in [2.24, 2.45) is 0 Å². The molecule has 0 saturated heterocycles. The smallest absolute Gasteiger partial charge is 0.137 e. The van der Waals surface area contributed by atoms with E-state index in [1.807, 2.05) is 41.4 Å². The minimum Gasteiger partial charge on any atom is -0.497 e. The summed E-state index contributed by atoms with van der Waals surface area (Å²) in [6.07, 6.45) is 5.53. The molecule has 0 N–H and O–H groups in total. The van der Waals surface area contributed by atoms with Crippen LogP contribution in [0.3, 0.4) is 0 Å². The summed E-state index contributed by atoms with van der Waals surface area (Å²) in [5.41, 5.74) is 2.79. The number of halogens is 1. The third-order valence-electron chi connectivity index (χ3n) is 4.50. The maximum atomic E-state index is 6.35. The summed E-state index contributed by atoms with van der Waals surface area (Å²) in [5.74, 6) is 0.825. The lowest BCUT2D eigenvalue weighted by Crippen LogP contribution is -2.32. The molecule has 1 atom stereocenters. The van der Waals surface area contributed by atoms with Crippen LogP contribution in [0.2, 0.25) is 5.02 Å². The first-order chi connectivity index (χ1) is 11.7. The van der Waals surface area contributed by atoms with Gasteiger partial charge < -0.3 is 14.0 Å². The van der Waals surface area contributed by atoms with E-state index in [2.05, 4.69) is 23.2 Å². The minimum absolute atomic E-state index is 0.538. The fourth-order valence-electron chi connectivity index (χ4n) is 3.31. The summed E-state index contributed by atoms with van der Waals surface area (Å²) in [6.45, 7) is 1.19. The molecule has 4 nitrogen and oxygen atoms in total. The summed E-state index contributed by atoms with van der Waals surface area (Å²) in [5, 5.41) is 0.727. The SMILES string of the molecule is COc1ccc(C2(Cn3ccnc3)OCc3cc(Cl)ccc32)cc1. The second-order valence-electron chi connectivity index (χ2n) is 5.88. The van der Waals surface area contributed by atoms with Gasteiger partial charge in [-0.15, -0.1) is 0 Å². The van der Waals surface area contributed by atoms with Gasteiger partial charge in [0.25, 0.3) is 0 Å². The van der Waals surface area contributed by atoms with Crippen LogP contribution in [0.1, 0.15) is 16.7 Å². The average Bonchev–Trinajstić information content (AvgIpc) is 3.24. The lowest BCUT2D eigenvalue weighted by molar-refractivity contribution is -0.0181. The Kier molecular flexibility index (Phi) is 3.79. The predicted octanol–water partition coefficient (Wildman–Crippen LogP) is 4.02. The van der Waals surface area contributed by atoms with Crippen LogP contribution in [0.25, 0.3) is 0 Å². The summed E-state index contributed by atoms with van der Waals surface area (Å²) in [4.78, 5) is 4.15. The monoisotopic (exact) mass is 340 g/mol. The van der Waals surface area contributed by atoms with Gasteiger partial charge in [0.15, 0.2) is 0 Å². The molecule has 5 heteroatoms. The Morgan fingerprint density at radius 3 is 2.79 bits per heavy atom. The molecule has 1 aromatic heterocycles. The molecule has 0 saturated carbocycles. The van der Waals surface area contributed by atoms with Crippen LogP contribution >= 0.6 is 11.6 Å². The number of fused-ring (bicyclic) bond motifs is 1. The van der Waals surface area contributed by atoms with Crippen molar-refractivity contribution in [3.8, 4) is 5.75 Å². The van der Waals surface area contributed by atoms with Crippen molar-refractivity contribution >= 4 is 11.6 Å². The molecule has 122 valence electrons. The Morgan fingerprint density at radius 2 is 2.08 bits per heavy atom. The van der Waals surface area contributed by atoms with Gasteiger partial charge in [0.1, 0.15) is 11.4 Å². The number of rotatable bonds is 4. The highest BCUT2D eigenvalue weighted by Gasteiger charge is 2.42. The Labute approximate surface area is 145 Å². The highest BCUT2D eigenvalue weighted by Crippen LogP contribution is 2.44. The van der Waals surface area contributed by atoms with E-state index in [-0.39, 0.29) is 0 Å². The molecule has 0 amide bonds. The van der Waals surface area contributed by atoms with E-state index in [0.29, 0.717) is 13.2 Å². The molecular weight excluding hydrogens is 324 g/mol. The van der Waals surface area contributed by atoms with Gasteiger partial charge in [-0.2, -0.15) is 0 Å². The first-order valence-electron chi connectivity index (χ1n) is 7.74. The highest BCUT2D eigenvalue weighted by molar-refractivity contribution is 6.30. The van der Waals surface area contributed by atoms with E-state index in [1.165, 1.54) is 0 Å². The Balaban J connectivity index is 1.85. The van der Waals surface area contributed by atoms with E-state index in [1.54, 1.807) is 13.3 Å². The van der Waals surface area contributed by atoms with E-state index in [4.69, 9.17) is 21.1 Å². The molecule has 0 aliphatic carbocycles. The van der Waals surface area contributed by atoms with Crippen molar-refractivity contribution in [3.63, 3.8) is 0 Å². The van der Waals surface area contributed by atoms with E-state index in [9.17, 15) is 0 Å². The Hall–Kier alpha value is -2.30. The largest absolute Gasteiger partial charge is 0.497 e. The Bertz CT molecular complexity index is 846. The number of methoxy groups -OCH3 is 1. The summed E-state index contributed by atoms with van der Waals surface area (Å²) < 4.78 is 13.7. The number of aromatic nitrogens is 2. The molecule has 3 aromatic rings. The lowest BCUT2D eigenvalue weighted by atomic mass is 9.85. The Morgan fingerprint density at radius 1 is 1.25 bits per heavy atom. The summed E-state index contributed by atoms with van der Waals surface area (Å²) in [6, 6.07) is 14.0. The van der Waals surface area contributed by atoms with Crippen LogP contribution < -0.4 is 4.74 Å². The first kappa shape index (κ1) is 15.2. The van der Waals surface area contributed by atoms with Crippen LogP contribution in [0.15, 0.2) is 61.2 Å². The standard InChI is InChI=1S/C19H17ClN2O2/c1-23-17-5-2-15(3-6-17)19(12-22-9-8-21-13-22)18-7-4-16(20)10-14(18)11-24-19/h2-10,13H,11-12H2,1H3. The van der Waals surface area contributed by atoms with Crippen LogP contribution in [0, 0.1) is 0 Å². The van der Waals surface area contributed by atoms with Gasteiger partial charge in [-0.3, -0.25) is 0 Å². The summed E-state index contributed by atoms with van der Waals surface area (Å²) >= 11 is 6.16. The fourth-order valence-corrected chi connectivity index (χ4v) is 3.51. The lowest BCUT2D eigenvalue weighted by Gasteiger charge is -2.31. The second kappa shape index (κ2) is 5.96. The number of ether oxygens (including phenoxy) is 2. The van der Waals surface area contributed by atoms with Gasteiger partial charge in [-0.25, -0.2) is 4.98 Å². The number of imidazole rings is 1. The first-order valence-corrected chi connectivity index (χ1v) is 8.12. The van der Waals surface area contributed by atoms with E-state index in [0.717, 1.165) is 27.5 Å². The number of nitrogens with zero attached hydrogens (tertiary/aromatic N) is 2. The highest BCUT2D eigenvalue weighted by atomic mass is 35.5. The zero-order valence-electron chi connectivity index (χ0n) is 13.3. The zero-order valence-corrected chi connectivity index (χ0v) is 14.0. The van der Waals surface area contributed by atoms with Crippen molar-refractivity contribution in [2.75, 3.05) is 7.11 Å². The molecule has 2 aromatic carbocycles. The molecule has 1 aliphatic heterocycles. The van der Waals surface area contributed by atoms with Crippen molar-refractivity contribution in [3.05, 3.63) is 82.9 Å². The molecule has 4 rings (SSSR count). The molecule has 1 aliphatic rings. The molecule has 1 unspecified atom stereocenters. The molecule has 24 heavy (non-hydrogen) atoms. The van der Waals surface area contributed by atoms with Crippen molar-refractivity contribution in [2.45, 2.75) is 18.8 Å². The van der Waals surface area contributed by atoms with Crippen molar-refractivity contribution in [1.29, 1.82) is 0 Å². The topological polar surface area (TPSA) is 36.3 Å². The van der Waals surface area contributed by atoms with Gasteiger partial charge in [-0.1, -0.05) is 29.8 Å². The van der Waals surface area contributed by atoms with Gasteiger partial charge in [0.2, 0.25) is 0 Å². The van der Waals surface area contributed by atoms with E-state index < -0.39 is 5.60 Å². The zero-order chi connectivity index (χ0) is 16.6. The third-order valence-corrected chi connectivity index (χ3v) is 4.73. The van der Waals surface area contributed by atoms with E-state index >= 15 is 0 Å². The van der Waals surface area contributed by atoms with Crippen LogP contribution in [-0.4, -0.2) is 16.7 Å². The fraction of sp³-hybridized carbons (Fsp3) is 0.211. The normalized spacial score (nSPS) is 19.2. The van der Waals surface area contributed by atoms with Gasteiger partial charge in [-0.05, 0) is 41.0 Å². The quantitative estimate of drug-likeness (QED) is 0.719. The second-order valence-corrected chi connectivity index (χ2v) is 6.32. The minimum atomic E-state index is -0.563. The van der Waals surface area contributed by atoms with Gasteiger partial charge >= 0.3 is 0 Å². The number of hydrogen-bond acceptors (Lipinski definition) is 3. The molecule has 0 spiro atoms. The van der Waals surface area contributed by atoms with Crippen LogP contribution in [-0.2, 0) is 23.5 Å². The predicted molar refractivity (Wildman–Crippen MR) is 92.2 cm³/mol. The number of hydrogen-bond donors (Lipinski definition) is 0. The molecular formula is C19H17ClN2O2. The van der Waals surface area contributed by atoms with Crippen molar-refractivity contribution < 1.29 is 9.47 Å². The van der Waals surface area contributed by atoms with Gasteiger partial charge in [0.05, 0.1) is 26.6 Å². The third kappa shape index (κ3) is 2.48. The van der Waals surface area contributed by atoms with Crippen molar-refractivity contribution in [1.82, 2.24) is 9.55 Å². The molecule has 0 radical (unpaired) electrons. The van der Waals surface area contributed by atoms with Crippen LogP contribution in [0.5, 0.6) is 5.75 Å². The number of benzene rings is 2. The maximum absolute atomic E-state index is 6.35. The average molecular weight is 341 g/mol. The molecule has 0 fully saturated rings. The maximum Gasteiger partial charge on any atom is 0.137 e. The molecule has 2 heterocycles. The van der Waals surface area contributed by atoms with Crippen LogP contribution in [0.4, 0.5) is 0 Å². The summed E-state index contributed by atoms with van der Waals surface area (Å²) in [7, 11) is 1.67. The van der Waals surface area contributed by atoms with Gasteiger partial charge in [0, 0.05) is 17.4 Å².